The predicted octanol–water partition coefficient (Wildman–Crippen LogP) is 4.03. The van der Waals surface area contributed by atoms with Crippen LogP contribution in [0.3, 0.4) is 0 Å². The summed E-state index contributed by atoms with van der Waals surface area (Å²) in [5, 5.41) is 2.13. The van der Waals surface area contributed by atoms with Crippen LogP contribution < -0.4 is 0 Å². The van der Waals surface area contributed by atoms with Gasteiger partial charge in [0.1, 0.15) is 0 Å². The second-order valence-electron chi connectivity index (χ2n) is 2.24. The third kappa shape index (κ3) is 3.91. The Bertz CT molecular complexity index is 352. The van der Waals surface area contributed by atoms with Gasteiger partial charge in [0.2, 0.25) is 0 Å². The Labute approximate surface area is 88.0 Å². The molecule has 0 radical (unpaired) electrons. The molecular weight excluding hydrogens is 231 g/mol. The van der Waals surface area contributed by atoms with Gasteiger partial charge in [-0.25, -0.2) is 0 Å². The number of hydrogen-bond acceptors (Lipinski definition) is 3. The van der Waals surface area contributed by atoms with Gasteiger partial charge < -0.3 is 0 Å². The zero-order valence-corrected chi connectivity index (χ0v) is 8.34. The van der Waals surface area contributed by atoms with Crippen molar-refractivity contribution in [2.45, 2.75) is 10.4 Å². The molecule has 0 atom stereocenters. The van der Waals surface area contributed by atoms with Crippen LogP contribution >= 0.6 is 24.0 Å². The largest absolute Gasteiger partial charge is 0.446 e. The van der Waals surface area contributed by atoms with Gasteiger partial charge in [-0.2, -0.15) is 18.2 Å². The summed E-state index contributed by atoms with van der Waals surface area (Å²) >= 11 is 4.19. The average Bonchev–Trinajstić information content (AvgIpc) is 2.06. The summed E-state index contributed by atoms with van der Waals surface area (Å²) in [4.78, 5) is 3.74. The highest BCUT2D eigenvalue weighted by atomic mass is 32.2. The maximum absolute atomic E-state index is 11.9. The van der Waals surface area contributed by atoms with Crippen molar-refractivity contribution < 1.29 is 13.2 Å². The highest BCUT2D eigenvalue weighted by Gasteiger charge is 2.28. The van der Waals surface area contributed by atoms with Crippen LogP contribution in [-0.4, -0.2) is 10.7 Å². The fourth-order valence-electron chi connectivity index (χ4n) is 0.775. The van der Waals surface area contributed by atoms with Crippen molar-refractivity contribution in [1.29, 1.82) is 0 Å². The van der Waals surface area contributed by atoms with Crippen molar-refractivity contribution in [3.8, 4) is 0 Å². The van der Waals surface area contributed by atoms with Gasteiger partial charge >= 0.3 is 5.51 Å². The van der Waals surface area contributed by atoms with Crippen molar-refractivity contribution in [2.75, 3.05) is 0 Å². The summed E-state index contributed by atoms with van der Waals surface area (Å²) in [5.41, 5.74) is -3.76. The van der Waals surface area contributed by atoms with E-state index < -0.39 is 5.51 Å². The summed E-state index contributed by atoms with van der Waals surface area (Å²) < 4.78 is 35.7. The van der Waals surface area contributed by atoms with Gasteiger partial charge in [0.05, 0.1) is 10.8 Å². The van der Waals surface area contributed by atoms with E-state index in [-0.39, 0.29) is 16.7 Å². The molecule has 14 heavy (non-hydrogen) atoms. The van der Waals surface area contributed by atoms with E-state index in [0.717, 1.165) is 0 Å². The topological polar surface area (TPSA) is 12.4 Å². The second kappa shape index (κ2) is 4.59. The van der Waals surface area contributed by atoms with Crippen LogP contribution in [0.4, 0.5) is 18.9 Å². The number of alkyl halides is 3. The fraction of sp³-hybridized carbons (Fsp3) is 0.125. The monoisotopic (exact) mass is 235 g/mol. The molecule has 0 N–H and O–H groups in total. The van der Waals surface area contributed by atoms with Gasteiger partial charge in [0.25, 0.3) is 0 Å². The Hall–Kier alpha value is -0.840. The quantitative estimate of drug-likeness (QED) is 0.436. The molecule has 74 valence electrons. The van der Waals surface area contributed by atoms with Crippen LogP contribution in [0.1, 0.15) is 0 Å². The predicted molar refractivity (Wildman–Crippen MR) is 53.0 cm³/mol. The first-order chi connectivity index (χ1) is 6.51. The van der Waals surface area contributed by atoms with Crippen molar-refractivity contribution in [3.63, 3.8) is 0 Å². The molecule has 1 aromatic carbocycles. The number of halogens is 3. The molecule has 0 fully saturated rings. The highest BCUT2D eigenvalue weighted by molar-refractivity contribution is 8.00. The molecule has 0 saturated heterocycles. The normalized spacial score (nSPS) is 10.8. The fourth-order valence-corrected chi connectivity index (χ4v) is 1.42. The van der Waals surface area contributed by atoms with Gasteiger partial charge in [-0.05, 0) is 48.2 Å². The summed E-state index contributed by atoms with van der Waals surface area (Å²) in [6, 6.07) is 5.58. The van der Waals surface area contributed by atoms with Crippen molar-refractivity contribution >= 4 is 34.8 Å². The number of rotatable bonds is 2. The Morgan fingerprint density at radius 2 is 1.79 bits per heavy atom. The van der Waals surface area contributed by atoms with E-state index in [2.05, 4.69) is 22.4 Å². The van der Waals surface area contributed by atoms with E-state index in [1.165, 1.54) is 24.3 Å². The third-order valence-electron chi connectivity index (χ3n) is 1.25. The number of isothiocyanates is 1. The zero-order chi connectivity index (χ0) is 10.6. The van der Waals surface area contributed by atoms with Crippen molar-refractivity contribution in [1.82, 2.24) is 0 Å². The molecule has 1 aromatic rings. The SMILES string of the molecule is FC(F)(F)Sc1ccc(N=C=S)cc1. The summed E-state index contributed by atoms with van der Waals surface area (Å²) in [5.74, 6) is 0. The molecule has 0 aliphatic heterocycles. The molecule has 0 aliphatic rings. The molecule has 0 heterocycles. The van der Waals surface area contributed by atoms with Crippen LogP contribution in [0.5, 0.6) is 0 Å². The summed E-state index contributed by atoms with van der Waals surface area (Å²) in [6.45, 7) is 0. The molecule has 0 aromatic heterocycles. The number of thiocarbonyl (C=S) groups is 1. The molecular formula is C8H4F3NS2. The minimum Gasteiger partial charge on any atom is -0.195 e. The smallest absolute Gasteiger partial charge is 0.195 e. The molecule has 0 saturated carbocycles. The molecule has 0 bridgehead atoms. The van der Waals surface area contributed by atoms with Gasteiger partial charge in [0.15, 0.2) is 0 Å². The van der Waals surface area contributed by atoms with Crippen LogP contribution in [-0.2, 0) is 0 Å². The van der Waals surface area contributed by atoms with Crippen LogP contribution in [0.2, 0.25) is 0 Å². The Kier molecular flexibility index (Phi) is 3.69. The first kappa shape index (κ1) is 11.2. The minimum atomic E-state index is -4.26. The first-order valence-electron chi connectivity index (χ1n) is 3.45. The van der Waals surface area contributed by atoms with Gasteiger partial charge in [-0.15, -0.1) is 0 Å². The van der Waals surface area contributed by atoms with Crippen LogP contribution in [0.25, 0.3) is 0 Å². The molecule has 0 spiro atoms. The number of hydrogen-bond donors (Lipinski definition) is 0. The van der Waals surface area contributed by atoms with Crippen molar-refractivity contribution in [3.05, 3.63) is 24.3 Å². The number of benzene rings is 1. The molecule has 1 nitrogen and oxygen atoms in total. The van der Waals surface area contributed by atoms with E-state index in [4.69, 9.17) is 0 Å². The third-order valence-corrected chi connectivity index (χ3v) is 2.08. The van der Waals surface area contributed by atoms with Crippen LogP contribution in [0.15, 0.2) is 34.2 Å². The van der Waals surface area contributed by atoms with Gasteiger partial charge in [-0.3, -0.25) is 0 Å². The Morgan fingerprint density at radius 3 is 2.21 bits per heavy atom. The highest BCUT2D eigenvalue weighted by Crippen LogP contribution is 2.37. The summed E-state index contributed by atoms with van der Waals surface area (Å²) in [6.07, 6.45) is 0. The lowest BCUT2D eigenvalue weighted by Gasteiger charge is -2.04. The zero-order valence-electron chi connectivity index (χ0n) is 6.71. The van der Waals surface area contributed by atoms with Gasteiger partial charge in [-0.1, -0.05) is 0 Å². The lowest BCUT2D eigenvalue weighted by molar-refractivity contribution is -0.0328. The second-order valence-corrected chi connectivity index (χ2v) is 3.57. The average molecular weight is 235 g/mol. The summed E-state index contributed by atoms with van der Waals surface area (Å²) in [7, 11) is 0. The van der Waals surface area contributed by atoms with E-state index in [0.29, 0.717) is 5.69 Å². The van der Waals surface area contributed by atoms with E-state index in [1.807, 2.05) is 0 Å². The van der Waals surface area contributed by atoms with Gasteiger partial charge in [0, 0.05) is 4.90 Å². The number of aliphatic imine (C=N–C) groups is 1. The lowest BCUT2D eigenvalue weighted by atomic mass is 10.3. The Balaban J connectivity index is 2.78. The standard InChI is InChI=1S/C8H4F3NS2/c9-8(10,11)14-7-3-1-6(2-4-7)12-5-13/h1-4H. The minimum absolute atomic E-state index is 0.126. The maximum Gasteiger partial charge on any atom is 0.446 e. The lowest BCUT2D eigenvalue weighted by Crippen LogP contribution is -1.98. The van der Waals surface area contributed by atoms with Crippen LogP contribution in [0, 0.1) is 0 Å². The maximum atomic E-state index is 11.9. The number of thioether (sulfide) groups is 1. The molecule has 1 rings (SSSR count). The van der Waals surface area contributed by atoms with E-state index in [9.17, 15) is 13.2 Å². The van der Waals surface area contributed by atoms with Crippen molar-refractivity contribution in [2.24, 2.45) is 4.99 Å². The van der Waals surface area contributed by atoms with E-state index in [1.54, 1.807) is 0 Å². The molecule has 6 heteroatoms. The molecule has 0 unspecified atom stereocenters. The Morgan fingerprint density at radius 1 is 1.21 bits per heavy atom. The molecule has 0 aliphatic carbocycles. The first-order valence-corrected chi connectivity index (χ1v) is 4.67. The number of nitrogens with zero attached hydrogens (tertiary/aromatic N) is 1. The van der Waals surface area contributed by atoms with E-state index >= 15 is 0 Å². The molecule has 0 amide bonds.